The first-order chi connectivity index (χ1) is 11.1. The fourth-order valence-corrected chi connectivity index (χ4v) is 3.52. The topological polar surface area (TPSA) is 12.5 Å². The number of ether oxygens (including phenoxy) is 1. The maximum absolute atomic E-state index is 13.8. The summed E-state index contributed by atoms with van der Waals surface area (Å²) in [5.74, 6) is 1.21. The van der Waals surface area contributed by atoms with Crippen molar-refractivity contribution in [1.82, 2.24) is 4.90 Å². The molecule has 0 unspecified atom stereocenters. The van der Waals surface area contributed by atoms with Gasteiger partial charge in [0.15, 0.2) is 0 Å². The molecule has 1 saturated heterocycles. The number of rotatable bonds is 0. The van der Waals surface area contributed by atoms with Crippen LogP contribution in [0.25, 0.3) is 5.57 Å². The second-order valence-corrected chi connectivity index (χ2v) is 6.60. The van der Waals surface area contributed by atoms with Gasteiger partial charge in [0.2, 0.25) is 0 Å². The molecule has 0 aliphatic carbocycles. The molecule has 126 valence electrons. The van der Waals surface area contributed by atoms with Crippen molar-refractivity contribution in [1.29, 1.82) is 0 Å². The summed E-state index contributed by atoms with van der Waals surface area (Å²) >= 11 is 6.12. The lowest BCUT2D eigenvalue weighted by Gasteiger charge is -2.30. The molecule has 2 aromatic rings. The highest BCUT2D eigenvalue weighted by atomic mass is 35.5. The minimum absolute atomic E-state index is 0. The summed E-state index contributed by atoms with van der Waals surface area (Å²) in [7, 11) is 2.13. The Labute approximate surface area is 152 Å². The number of fused-ring (bicyclic) bond motifs is 2. The third kappa shape index (κ3) is 3.04. The summed E-state index contributed by atoms with van der Waals surface area (Å²) in [6, 6.07) is 10.4. The van der Waals surface area contributed by atoms with Crippen LogP contribution in [0.1, 0.15) is 24.0 Å². The summed E-state index contributed by atoms with van der Waals surface area (Å²) in [6.45, 7) is 2.04. The highest BCUT2D eigenvalue weighted by Crippen LogP contribution is 2.47. The Bertz CT molecular complexity index is 809. The van der Waals surface area contributed by atoms with E-state index in [1.54, 1.807) is 12.1 Å². The Morgan fingerprint density at radius 1 is 1.00 bits per heavy atom. The second-order valence-electron chi connectivity index (χ2n) is 6.16. The monoisotopic (exact) mass is 365 g/mol. The van der Waals surface area contributed by atoms with Gasteiger partial charge in [-0.1, -0.05) is 17.2 Å². The third-order valence-electron chi connectivity index (χ3n) is 4.59. The number of hydrogen-bond acceptors (Lipinski definition) is 2. The number of piperidine rings is 1. The summed E-state index contributed by atoms with van der Waals surface area (Å²) in [5.41, 5.74) is 4.33. The van der Waals surface area contributed by atoms with Crippen molar-refractivity contribution in [3.05, 3.63) is 63.9 Å². The third-order valence-corrected chi connectivity index (χ3v) is 4.82. The van der Waals surface area contributed by atoms with Crippen LogP contribution >= 0.6 is 24.0 Å². The lowest BCUT2D eigenvalue weighted by molar-refractivity contribution is 0.313. The van der Waals surface area contributed by atoms with Gasteiger partial charge in [0.1, 0.15) is 17.3 Å². The average Bonchev–Trinajstić information content (AvgIpc) is 2.54. The van der Waals surface area contributed by atoms with Crippen molar-refractivity contribution in [3.63, 3.8) is 0 Å². The molecular formula is C19H18Cl2FNO. The summed E-state index contributed by atoms with van der Waals surface area (Å²) < 4.78 is 19.8. The molecular weight excluding hydrogens is 348 g/mol. The van der Waals surface area contributed by atoms with E-state index in [4.69, 9.17) is 16.3 Å². The Morgan fingerprint density at radius 2 is 1.75 bits per heavy atom. The number of nitrogens with zero attached hydrogens (tertiary/aromatic N) is 1. The SMILES string of the molecule is CN1CCC(=C2c3ccc(Cl)cc3Oc3ccc(F)cc32)CC1.Cl. The maximum atomic E-state index is 13.8. The van der Waals surface area contributed by atoms with E-state index < -0.39 is 0 Å². The van der Waals surface area contributed by atoms with Gasteiger partial charge >= 0.3 is 0 Å². The van der Waals surface area contributed by atoms with Crippen LogP contribution in [0.5, 0.6) is 11.5 Å². The quantitative estimate of drug-likeness (QED) is 0.518. The number of likely N-dealkylation sites (tertiary alicyclic amines) is 1. The van der Waals surface area contributed by atoms with Gasteiger partial charge in [0, 0.05) is 35.3 Å². The Balaban J connectivity index is 0.00000169. The highest BCUT2D eigenvalue weighted by molar-refractivity contribution is 6.30. The molecule has 2 heterocycles. The second kappa shape index (κ2) is 6.75. The summed E-state index contributed by atoms with van der Waals surface area (Å²) in [5, 5.41) is 0.641. The van der Waals surface area contributed by atoms with Gasteiger partial charge < -0.3 is 9.64 Å². The molecule has 0 aromatic heterocycles. The molecule has 1 fully saturated rings. The normalized spacial score (nSPS) is 16.8. The molecule has 24 heavy (non-hydrogen) atoms. The number of halogens is 3. The van der Waals surface area contributed by atoms with Crippen LogP contribution in [0.2, 0.25) is 5.02 Å². The Kier molecular flexibility index (Phi) is 4.86. The minimum Gasteiger partial charge on any atom is -0.456 e. The lowest BCUT2D eigenvalue weighted by atomic mass is 9.86. The van der Waals surface area contributed by atoms with E-state index in [-0.39, 0.29) is 18.2 Å². The molecule has 0 atom stereocenters. The molecule has 4 rings (SSSR count). The van der Waals surface area contributed by atoms with Gasteiger partial charge in [-0.3, -0.25) is 0 Å². The fraction of sp³-hybridized carbons (Fsp3) is 0.263. The van der Waals surface area contributed by atoms with Gasteiger partial charge in [-0.05, 0) is 55.8 Å². The summed E-state index contributed by atoms with van der Waals surface area (Å²) in [6.07, 6.45) is 1.98. The molecule has 0 bridgehead atoms. The standard InChI is InChI=1S/C19H17ClFNO.ClH/c1-22-8-6-12(7-9-22)19-15-4-2-13(20)10-18(15)23-17-5-3-14(21)11-16(17)19;/h2-5,10-11H,6-9H2,1H3;1H. The van der Waals surface area contributed by atoms with Gasteiger partial charge in [0.05, 0.1) is 0 Å². The Morgan fingerprint density at radius 3 is 2.50 bits per heavy atom. The zero-order chi connectivity index (χ0) is 16.0. The molecule has 0 saturated carbocycles. The van der Waals surface area contributed by atoms with Crippen LogP contribution in [-0.2, 0) is 0 Å². The predicted molar refractivity (Wildman–Crippen MR) is 97.9 cm³/mol. The zero-order valence-corrected chi connectivity index (χ0v) is 14.9. The molecule has 2 nitrogen and oxygen atoms in total. The van der Waals surface area contributed by atoms with Gasteiger partial charge in [-0.25, -0.2) is 4.39 Å². The largest absolute Gasteiger partial charge is 0.456 e. The highest BCUT2D eigenvalue weighted by Gasteiger charge is 2.26. The van der Waals surface area contributed by atoms with Crippen LogP contribution < -0.4 is 4.74 Å². The molecule has 2 aromatic carbocycles. The number of benzene rings is 2. The predicted octanol–water partition coefficient (Wildman–Crippen LogP) is 5.53. The average molecular weight is 366 g/mol. The van der Waals surface area contributed by atoms with Crippen LogP contribution in [0, 0.1) is 5.82 Å². The van der Waals surface area contributed by atoms with E-state index in [1.807, 2.05) is 18.2 Å². The molecule has 0 amide bonds. The first kappa shape index (κ1) is 17.3. The fourth-order valence-electron chi connectivity index (χ4n) is 3.36. The van der Waals surface area contributed by atoms with Crippen molar-refractivity contribution in [3.8, 4) is 11.5 Å². The van der Waals surface area contributed by atoms with Crippen LogP contribution in [0.3, 0.4) is 0 Å². The van der Waals surface area contributed by atoms with Gasteiger partial charge in [0.25, 0.3) is 0 Å². The molecule has 0 N–H and O–H groups in total. The van der Waals surface area contributed by atoms with Crippen LogP contribution in [0.15, 0.2) is 42.0 Å². The molecule has 2 aliphatic heterocycles. The van der Waals surface area contributed by atoms with E-state index in [9.17, 15) is 4.39 Å². The van der Waals surface area contributed by atoms with E-state index in [1.165, 1.54) is 11.6 Å². The van der Waals surface area contributed by atoms with Crippen molar-refractivity contribution >= 4 is 29.6 Å². The van der Waals surface area contributed by atoms with E-state index in [0.717, 1.165) is 48.4 Å². The van der Waals surface area contributed by atoms with E-state index in [2.05, 4.69) is 11.9 Å². The Hall–Kier alpha value is -1.55. The van der Waals surface area contributed by atoms with Crippen LogP contribution in [0.4, 0.5) is 4.39 Å². The molecule has 0 spiro atoms. The maximum Gasteiger partial charge on any atom is 0.136 e. The first-order valence-corrected chi connectivity index (χ1v) is 8.18. The smallest absolute Gasteiger partial charge is 0.136 e. The van der Waals surface area contributed by atoms with E-state index in [0.29, 0.717) is 10.8 Å². The van der Waals surface area contributed by atoms with Crippen molar-refractivity contribution in [2.24, 2.45) is 0 Å². The van der Waals surface area contributed by atoms with Crippen molar-refractivity contribution in [2.45, 2.75) is 12.8 Å². The first-order valence-electron chi connectivity index (χ1n) is 7.80. The van der Waals surface area contributed by atoms with Gasteiger partial charge in [-0.15, -0.1) is 12.4 Å². The van der Waals surface area contributed by atoms with Crippen LogP contribution in [-0.4, -0.2) is 25.0 Å². The van der Waals surface area contributed by atoms with Crippen molar-refractivity contribution < 1.29 is 9.13 Å². The molecule has 2 aliphatic rings. The summed E-state index contributed by atoms with van der Waals surface area (Å²) in [4.78, 5) is 2.32. The number of hydrogen-bond donors (Lipinski definition) is 0. The molecule has 0 radical (unpaired) electrons. The van der Waals surface area contributed by atoms with Gasteiger partial charge in [-0.2, -0.15) is 0 Å². The zero-order valence-electron chi connectivity index (χ0n) is 13.3. The van der Waals surface area contributed by atoms with Crippen molar-refractivity contribution in [2.75, 3.05) is 20.1 Å². The van der Waals surface area contributed by atoms with E-state index >= 15 is 0 Å². The minimum atomic E-state index is -0.240. The molecule has 5 heteroatoms. The lowest BCUT2D eigenvalue weighted by Crippen LogP contribution is -2.27.